The highest BCUT2D eigenvalue weighted by molar-refractivity contribution is 5.74. The molecule has 2 rings (SSSR count). The van der Waals surface area contributed by atoms with Crippen molar-refractivity contribution < 1.29 is 33.3 Å². The number of nitrogens with zero attached hydrogens (tertiary/aromatic N) is 1. The first kappa shape index (κ1) is 16.7. The zero-order valence-corrected chi connectivity index (χ0v) is 13.3. The lowest BCUT2D eigenvalue weighted by Gasteiger charge is -2.30. The molecule has 0 bridgehead atoms. The predicted octanol–water partition coefficient (Wildman–Crippen LogP) is -0.301. The highest BCUT2D eigenvalue weighted by Crippen LogP contribution is 2.59. The molecule has 0 N–H and O–H groups in total. The summed E-state index contributed by atoms with van der Waals surface area (Å²) in [6, 6.07) is -0.414. The lowest BCUT2D eigenvalue weighted by Crippen LogP contribution is -2.46. The molecule has 0 aromatic rings. The minimum Gasteiger partial charge on any atom is -0.463 e. The third-order valence-corrected chi connectivity index (χ3v) is 4.22. The van der Waals surface area contributed by atoms with Gasteiger partial charge in [-0.3, -0.25) is 14.4 Å². The molecule has 8 nitrogen and oxygen atoms in total. The Morgan fingerprint density at radius 1 is 1.18 bits per heavy atom. The van der Waals surface area contributed by atoms with Crippen LogP contribution in [0.1, 0.15) is 20.8 Å². The summed E-state index contributed by atoms with van der Waals surface area (Å²) in [4.78, 5) is 35.5. The van der Waals surface area contributed by atoms with Gasteiger partial charge in [0.1, 0.15) is 12.7 Å². The van der Waals surface area contributed by atoms with Crippen LogP contribution in [0, 0.1) is 5.92 Å². The lowest BCUT2D eigenvalue weighted by molar-refractivity contribution is -0.196. The molecule has 0 aromatic carbocycles. The molecular weight excluding hydrogens is 294 g/mol. The number of carbonyl (C=O) groups is 3. The average molecular weight is 315 g/mol. The van der Waals surface area contributed by atoms with Gasteiger partial charge in [-0.05, 0) is 0 Å². The van der Waals surface area contributed by atoms with Crippen molar-refractivity contribution in [3.8, 4) is 0 Å². The van der Waals surface area contributed by atoms with E-state index in [1.54, 1.807) is 7.05 Å². The van der Waals surface area contributed by atoms with E-state index in [4.69, 9.17) is 18.9 Å². The van der Waals surface area contributed by atoms with E-state index in [-0.39, 0.29) is 18.4 Å². The third kappa shape index (κ3) is 2.68. The van der Waals surface area contributed by atoms with Crippen molar-refractivity contribution in [1.82, 2.24) is 4.90 Å². The summed E-state index contributed by atoms with van der Waals surface area (Å²) in [6.45, 7) is 3.97. The van der Waals surface area contributed by atoms with Crippen molar-refractivity contribution in [2.45, 2.75) is 44.8 Å². The van der Waals surface area contributed by atoms with E-state index in [1.165, 1.54) is 32.8 Å². The fourth-order valence-corrected chi connectivity index (χ4v) is 3.08. The molecule has 124 valence electrons. The molecule has 0 radical (unpaired) electrons. The van der Waals surface area contributed by atoms with Gasteiger partial charge in [0.25, 0.3) is 0 Å². The van der Waals surface area contributed by atoms with Crippen LogP contribution >= 0.6 is 0 Å². The van der Waals surface area contributed by atoms with Crippen molar-refractivity contribution >= 4 is 17.8 Å². The van der Waals surface area contributed by atoms with Gasteiger partial charge in [0.15, 0.2) is 11.9 Å². The molecule has 1 heterocycles. The summed E-state index contributed by atoms with van der Waals surface area (Å²) in [5, 5.41) is 0. The van der Waals surface area contributed by atoms with Crippen molar-refractivity contribution in [1.29, 1.82) is 0 Å². The van der Waals surface area contributed by atoms with Crippen LogP contribution in [0.2, 0.25) is 0 Å². The van der Waals surface area contributed by atoms with Crippen LogP contribution in [0.15, 0.2) is 0 Å². The number of rotatable bonds is 5. The summed E-state index contributed by atoms with van der Waals surface area (Å²) < 4.78 is 21.5. The molecule has 2 aliphatic rings. The largest absolute Gasteiger partial charge is 0.463 e. The number of likely N-dealkylation sites (N-methyl/N-ethyl adjacent to an activating group) is 1. The second kappa shape index (κ2) is 5.85. The van der Waals surface area contributed by atoms with Crippen LogP contribution in [0.3, 0.4) is 0 Å². The van der Waals surface area contributed by atoms with Gasteiger partial charge in [0.2, 0.25) is 5.91 Å². The lowest BCUT2D eigenvalue weighted by atomic mass is 10.1. The maximum absolute atomic E-state index is 11.7. The fourth-order valence-electron chi connectivity index (χ4n) is 3.08. The van der Waals surface area contributed by atoms with Gasteiger partial charge in [0.05, 0.1) is 12.0 Å². The van der Waals surface area contributed by atoms with E-state index in [0.29, 0.717) is 0 Å². The Morgan fingerprint density at radius 2 is 1.82 bits per heavy atom. The quantitative estimate of drug-likeness (QED) is 0.643. The first-order valence-corrected chi connectivity index (χ1v) is 6.99. The van der Waals surface area contributed by atoms with E-state index in [0.717, 1.165) is 0 Å². The molecule has 1 saturated heterocycles. The minimum absolute atomic E-state index is 0.0486. The molecule has 5 atom stereocenters. The predicted molar refractivity (Wildman–Crippen MR) is 72.5 cm³/mol. The Labute approximate surface area is 128 Å². The monoisotopic (exact) mass is 315 g/mol. The second-order valence-corrected chi connectivity index (χ2v) is 5.63. The number of hydrogen-bond acceptors (Lipinski definition) is 7. The van der Waals surface area contributed by atoms with Crippen molar-refractivity contribution in [2.24, 2.45) is 5.92 Å². The summed E-state index contributed by atoms with van der Waals surface area (Å²) >= 11 is 0. The van der Waals surface area contributed by atoms with Crippen LogP contribution in [0.25, 0.3) is 0 Å². The van der Waals surface area contributed by atoms with Crippen LogP contribution in [-0.4, -0.2) is 67.5 Å². The molecule has 1 aliphatic carbocycles. The Kier molecular flexibility index (Phi) is 4.44. The first-order valence-electron chi connectivity index (χ1n) is 6.99. The molecule has 8 heteroatoms. The van der Waals surface area contributed by atoms with Crippen molar-refractivity contribution in [2.75, 3.05) is 20.8 Å². The van der Waals surface area contributed by atoms with Gasteiger partial charge in [-0.2, -0.15) is 0 Å². The van der Waals surface area contributed by atoms with Crippen molar-refractivity contribution in [3.63, 3.8) is 0 Å². The van der Waals surface area contributed by atoms with Crippen LogP contribution < -0.4 is 0 Å². The molecule has 1 saturated carbocycles. The van der Waals surface area contributed by atoms with E-state index in [9.17, 15) is 14.4 Å². The number of esters is 2. The van der Waals surface area contributed by atoms with Gasteiger partial charge in [-0.1, -0.05) is 0 Å². The standard InChI is InChI=1S/C14H21NO7/c1-7(16)15(4)11-10-12(21-9(3)18)14(10,6-20-8(2)17)22-13(11)19-5/h10-13H,6H2,1-5H3. The summed E-state index contributed by atoms with van der Waals surface area (Å²) in [6.07, 6.45) is -1.23. The van der Waals surface area contributed by atoms with Crippen LogP contribution in [0.4, 0.5) is 0 Å². The fraction of sp³-hybridized carbons (Fsp3) is 0.786. The second-order valence-electron chi connectivity index (χ2n) is 5.63. The van der Waals surface area contributed by atoms with Crippen molar-refractivity contribution in [3.05, 3.63) is 0 Å². The van der Waals surface area contributed by atoms with Gasteiger partial charge in [-0.15, -0.1) is 0 Å². The topological polar surface area (TPSA) is 91.4 Å². The van der Waals surface area contributed by atoms with Gasteiger partial charge in [0, 0.05) is 34.9 Å². The highest BCUT2D eigenvalue weighted by atomic mass is 16.7. The number of fused-ring (bicyclic) bond motifs is 1. The summed E-state index contributed by atoms with van der Waals surface area (Å²) in [5.74, 6) is -1.37. The third-order valence-electron chi connectivity index (χ3n) is 4.22. The smallest absolute Gasteiger partial charge is 0.303 e. The molecule has 1 amide bonds. The van der Waals surface area contributed by atoms with Gasteiger partial charge >= 0.3 is 11.9 Å². The Morgan fingerprint density at radius 3 is 2.27 bits per heavy atom. The Hall–Kier alpha value is -1.67. The molecule has 22 heavy (non-hydrogen) atoms. The summed E-state index contributed by atoms with van der Waals surface area (Å²) in [5.41, 5.74) is -0.952. The average Bonchev–Trinajstić information content (AvgIpc) is 2.87. The molecule has 2 fully saturated rings. The number of ether oxygens (including phenoxy) is 4. The summed E-state index contributed by atoms with van der Waals surface area (Å²) in [7, 11) is 3.10. The maximum atomic E-state index is 11.7. The molecular formula is C14H21NO7. The maximum Gasteiger partial charge on any atom is 0.303 e. The Balaban J connectivity index is 2.24. The van der Waals surface area contributed by atoms with E-state index in [2.05, 4.69) is 0 Å². The number of hydrogen-bond donors (Lipinski definition) is 0. The molecule has 0 spiro atoms. The number of carbonyl (C=O) groups excluding carboxylic acids is 3. The first-order chi connectivity index (χ1) is 10.2. The minimum atomic E-state index is -0.952. The SMILES string of the molecule is COC1OC2(COC(C)=O)C(OC(C)=O)C2C1N(C)C(C)=O. The van der Waals surface area contributed by atoms with E-state index >= 15 is 0 Å². The number of methoxy groups -OCH3 is 1. The van der Waals surface area contributed by atoms with E-state index in [1.807, 2.05) is 0 Å². The normalized spacial score (nSPS) is 35.5. The molecule has 0 aromatic heterocycles. The van der Waals surface area contributed by atoms with Gasteiger partial charge < -0.3 is 23.8 Å². The highest BCUT2D eigenvalue weighted by Gasteiger charge is 2.79. The number of amides is 1. The zero-order valence-electron chi connectivity index (χ0n) is 13.3. The van der Waals surface area contributed by atoms with Crippen LogP contribution in [-0.2, 0) is 33.3 Å². The molecule has 5 unspecified atom stereocenters. The zero-order chi connectivity index (χ0) is 16.7. The van der Waals surface area contributed by atoms with Crippen LogP contribution in [0.5, 0.6) is 0 Å². The van der Waals surface area contributed by atoms with Gasteiger partial charge in [-0.25, -0.2) is 0 Å². The molecule has 1 aliphatic heterocycles. The Bertz CT molecular complexity index is 494. The van der Waals surface area contributed by atoms with E-state index < -0.39 is 36.0 Å².